The number of nitrogens with one attached hydrogen (secondary N) is 1. The summed E-state index contributed by atoms with van der Waals surface area (Å²) >= 11 is 1.71. The molecule has 0 aliphatic heterocycles. The monoisotopic (exact) mass is 285 g/mol. The Kier molecular flexibility index (Phi) is 3.80. The number of hydrogen-bond donors (Lipinski definition) is 2. The molecular formula is C15H15N3OS. The lowest BCUT2D eigenvalue weighted by Crippen LogP contribution is -2.10. The van der Waals surface area contributed by atoms with Gasteiger partial charge in [0.25, 0.3) is 0 Å². The number of nitrogens with zero attached hydrogens (tertiary/aromatic N) is 1. The van der Waals surface area contributed by atoms with Gasteiger partial charge in [0.1, 0.15) is 18.2 Å². The minimum atomic E-state index is 0.518. The van der Waals surface area contributed by atoms with Crippen LogP contribution in [0.25, 0.3) is 10.1 Å². The van der Waals surface area contributed by atoms with Gasteiger partial charge in [0.2, 0.25) is 0 Å². The van der Waals surface area contributed by atoms with Crippen LogP contribution in [0.1, 0.15) is 0 Å². The second-order valence-electron chi connectivity index (χ2n) is 4.28. The summed E-state index contributed by atoms with van der Waals surface area (Å²) in [6.07, 6.45) is 1.82. The first-order valence-electron chi connectivity index (χ1n) is 6.39. The molecule has 0 spiro atoms. The average molecular weight is 285 g/mol. The van der Waals surface area contributed by atoms with Crippen LogP contribution in [-0.2, 0) is 0 Å². The van der Waals surface area contributed by atoms with E-state index in [4.69, 9.17) is 10.5 Å². The van der Waals surface area contributed by atoms with Crippen molar-refractivity contribution in [3.05, 3.63) is 48.0 Å². The highest BCUT2D eigenvalue weighted by Crippen LogP contribution is 2.28. The number of nitrogens with two attached hydrogens (primary N) is 1. The molecule has 0 saturated carbocycles. The summed E-state index contributed by atoms with van der Waals surface area (Å²) in [7, 11) is 0. The number of rotatable bonds is 5. The lowest BCUT2D eigenvalue weighted by atomic mass is 10.2. The van der Waals surface area contributed by atoms with Gasteiger partial charge >= 0.3 is 0 Å². The van der Waals surface area contributed by atoms with E-state index in [0.29, 0.717) is 13.2 Å². The van der Waals surface area contributed by atoms with Crippen LogP contribution in [0.3, 0.4) is 0 Å². The highest BCUT2D eigenvalue weighted by molar-refractivity contribution is 7.17. The molecule has 0 bridgehead atoms. The summed E-state index contributed by atoms with van der Waals surface area (Å²) in [4.78, 5) is 4.39. The molecule has 0 radical (unpaired) electrons. The summed E-state index contributed by atoms with van der Waals surface area (Å²) in [5.41, 5.74) is 6.39. The van der Waals surface area contributed by atoms with Crippen LogP contribution in [0.2, 0.25) is 0 Å². The normalized spacial score (nSPS) is 10.7. The third-order valence-corrected chi connectivity index (χ3v) is 3.77. The van der Waals surface area contributed by atoms with E-state index >= 15 is 0 Å². The SMILES string of the molecule is NCCOc1ccc(Nc2nccc3sccc23)cc1. The van der Waals surface area contributed by atoms with Gasteiger partial charge in [-0.05, 0) is 41.8 Å². The summed E-state index contributed by atoms with van der Waals surface area (Å²) in [5.74, 6) is 1.70. The van der Waals surface area contributed by atoms with Crippen LogP contribution in [0.5, 0.6) is 5.75 Å². The van der Waals surface area contributed by atoms with E-state index in [2.05, 4.69) is 21.7 Å². The predicted octanol–water partition coefficient (Wildman–Crippen LogP) is 3.38. The van der Waals surface area contributed by atoms with E-state index in [0.717, 1.165) is 22.6 Å². The molecule has 2 heterocycles. The quantitative estimate of drug-likeness (QED) is 0.754. The Morgan fingerprint density at radius 2 is 2.00 bits per heavy atom. The van der Waals surface area contributed by atoms with Gasteiger partial charge in [-0.2, -0.15) is 0 Å². The standard InChI is InChI=1S/C15H15N3OS/c16-7-9-19-12-3-1-11(2-4-12)18-15-13-6-10-20-14(13)5-8-17-15/h1-6,8,10H,7,9,16H2,(H,17,18). The second kappa shape index (κ2) is 5.90. The van der Waals surface area contributed by atoms with Crippen LogP contribution in [0.15, 0.2) is 48.0 Å². The first kappa shape index (κ1) is 12.9. The minimum absolute atomic E-state index is 0.518. The fraction of sp³-hybridized carbons (Fsp3) is 0.133. The van der Waals surface area contributed by atoms with Crippen molar-refractivity contribution in [2.75, 3.05) is 18.5 Å². The summed E-state index contributed by atoms with van der Waals surface area (Å²) < 4.78 is 6.68. The first-order chi connectivity index (χ1) is 9.86. The third-order valence-electron chi connectivity index (χ3n) is 2.88. The number of benzene rings is 1. The molecule has 2 aromatic heterocycles. The highest BCUT2D eigenvalue weighted by atomic mass is 32.1. The average Bonchev–Trinajstić information content (AvgIpc) is 2.96. The molecular weight excluding hydrogens is 270 g/mol. The van der Waals surface area contributed by atoms with E-state index in [-0.39, 0.29) is 0 Å². The van der Waals surface area contributed by atoms with Gasteiger partial charge in [-0.15, -0.1) is 11.3 Å². The molecule has 0 saturated heterocycles. The number of pyridine rings is 1. The van der Waals surface area contributed by atoms with Crippen molar-refractivity contribution in [3.63, 3.8) is 0 Å². The summed E-state index contributed by atoms with van der Waals surface area (Å²) in [6, 6.07) is 11.9. The number of anilines is 2. The third kappa shape index (κ3) is 2.74. The number of ether oxygens (including phenoxy) is 1. The molecule has 3 N–H and O–H groups in total. The number of hydrogen-bond acceptors (Lipinski definition) is 5. The van der Waals surface area contributed by atoms with Crippen LogP contribution in [0.4, 0.5) is 11.5 Å². The van der Waals surface area contributed by atoms with Gasteiger partial charge in [-0.1, -0.05) is 0 Å². The predicted molar refractivity (Wildman–Crippen MR) is 83.9 cm³/mol. The van der Waals surface area contributed by atoms with Gasteiger partial charge in [-0.25, -0.2) is 4.98 Å². The molecule has 0 atom stereocenters. The second-order valence-corrected chi connectivity index (χ2v) is 5.23. The van der Waals surface area contributed by atoms with Crippen molar-refractivity contribution in [3.8, 4) is 5.75 Å². The van der Waals surface area contributed by atoms with Crippen molar-refractivity contribution in [1.29, 1.82) is 0 Å². The molecule has 0 fully saturated rings. The lowest BCUT2D eigenvalue weighted by Gasteiger charge is -2.08. The maximum Gasteiger partial charge on any atom is 0.139 e. The van der Waals surface area contributed by atoms with Crippen LogP contribution in [0, 0.1) is 0 Å². The molecule has 1 aromatic carbocycles. The molecule has 3 aromatic rings. The summed E-state index contributed by atoms with van der Waals surface area (Å²) in [6.45, 7) is 1.05. The van der Waals surface area contributed by atoms with Crippen molar-refractivity contribution in [2.24, 2.45) is 5.73 Å². The zero-order valence-electron chi connectivity index (χ0n) is 10.9. The largest absolute Gasteiger partial charge is 0.492 e. The fourth-order valence-corrected chi connectivity index (χ4v) is 2.72. The Labute approximate surface area is 121 Å². The lowest BCUT2D eigenvalue weighted by molar-refractivity contribution is 0.328. The van der Waals surface area contributed by atoms with Crippen molar-refractivity contribution in [1.82, 2.24) is 4.98 Å². The van der Waals surface area contributed by atoms with Gasteiger partial charge in [-0.3, -0.25) is 0 Å². The number of fused-ring (bicyclic) bond motifs is 1. The van der Waals surface area contributed by atoms with E-state index in [1.165, 1.54) is 4.70 Å². The minimum Gasteiger partial charge on any atom is -0.492 e. The number of aromatic nitrogens is 1. The molecule has 4 nitrogen and oxygen atoms in total. The molecule has 0 aliphatic carbocycles. The van der Waals surface area contributed by atoms with Crippen molar-refractivity contribution < 1.29 is 4.74 Å². The molecule has 0 aliphatic rings. The molecule has 3 rings (SSSR count). The van der Waals surface area contributed by atoms with Crippen LogP contribution in [-0.4, -0.2) is 18.1 Å². The van der Waals surface area contributed by atoms with Gasteiger partial charge in [0, 0.05) is 28.5 Å². The van der Waals surface area contributed by atoms with Crippen molar-refractivity contribution >= 4 is 32.9 Å². The highest BCUT2D eigenvalue weighted by Gasteiger charge is 2.03. The van der Waals surface area contributed by atoms with E-state index in [1.807, 2.05) is 36.5 Å². The van der Waals surface area contributed by atoms with E-state index in [1.54, 1.807) is 11.3 Å². The maximum atomic E-state index is 5.45. The maximum absolute atomic E-state index is 5.45. The van der Waals surface area contributed by atoms with Gasteiger partial charge in [0.15, 0.2) is 0 Å². The zero-order chi connectivity index (χ0) is 13.8. The van der Waals surface area contributed by atoms with E-state index < -0.39 is 0 Å². The van der Waals surface area contributed by atoms with Crippen LogP contribution >= 0.6 is 11.3 Å². The Balaban J connectivity index is 1.79. The molecule has 0 amide bonds. The Hall–Kier alpha value is -2.11. The zero-order valence-corrected chi connectivity index (χ0v) is 11.7. The fourth-order valence-electron chi connectivity index (χ4n) is 1.94. The van der Waals surface area contributed by atoms with Crippen molar-refractivity contribution in [2.45, 2.75) is 0 Å². The van der Waals surface area contributed by atoms with Gasteiger partial charge in [0.05, 0.1) is 0 Å². The molecule has 102 valence electrons. The van der Waals surface area contributed by atoms with Crippen LogP contribution < -0.4 is 15.8 Å². The van der Waals surface area contributed by atoms with Gasteiger partial charge < -0.3 is 15.8 Å². The first-order valence-corrected chi connectivity index (χ1v) is 7.27. The number of thiophene rings is 1. The van der Waals surface area contributed by atoms with E-state index in [9.17, 15) is 0 Å². The summed E-state index contributed by atoms with van der Waals surface area (Å²) in [5, 5.41) is 6.54. The Morgan fingerprint density at radius 1 is 1.15 bits per heavy atom. The molecule has 0 unspecified atom stereocenters. The molecule has 20 heavy (non-hydrogen) atoms. The smallest absolute Gasteiger partial charge is 0.139 e. The molecule has 5 heteroatoms. The Morgan fingerprint density at radius 3 is 2.80 bits per heavy atom. The topological polar surface area (TPSA) is 60.2 Å². The Bertz CT molecular complexity index is 694.